The summed E-state index contributed by atoms with van der Waals surface area (Å²) >= 11 is 0. The van der Waals surface area contributed by atoms with Crippen LogP contribution in [0.4, 0.5) is 0 Å². The molecule has 0 bridgehead atoms. The second-order valence-electron chi connectivity index (χ2n) is 5.05. The van der Waals surface area contributed by atoms with Crippen LogP contribution in [0.1, 0.15) is 36.8 Å². The van der Waals surface area contributed by atoms with Crippen LogP contribution < -0.4 is 10.1 Å². The summed E-state index contributed by atoms with van der Waals surface area (Å²) in [5, 5.41) is 3.55. The van der Waals surface area contributed by atoms with E-state index in [0.717, 1.165) is 18.8 Å². The van der Waals surface area contributed by atoms with E-state index in [1.807, 2.05) is 0 Å². The lowest BCUT2D eigenvalue weighted by atomic mass is 10.0. The Balaban J connectivity index is 1.77. The van der Waals surface area contributed by atoms with Crippen LogP contribution in [0.5, 0.6) is 5.75 Å². The molecular weight excluding hydrogens is 210 g/mol. The van der Waals surface area contributed by atoms with Gasteiger partial charge in [0.25, 0.3) is 0 Å². The van der Waals surface area contributed by atoms with Crippen molar-refractivity contribution in [2.45, 2.75) is 45.6 Å². The molecule has 1 aliphatic heterocycles. The molecule has 1 fully saturated rings. The first-order valence-electron chi connectivity index (χ1n) is 6.69. The van der Waals surface area contributed by atoms with Gasteiger partial charge in [0.15, 0.2) is 0 Å². The zero-order chi connectivity index (χ0) is 12.1. The van der Waals surface area contributed by atoms with Gasteiger partial charge in [-0.1, -0.05) is 24.1 Å². The van der Waals surface area contributed by atoms with Gasteiger partial charge < -0.3 is 10.1 Å². The lowest BCUT2D eigenvalue weighted by Crippen LogP contribution is -2.35. The van der Waals surface area contributed by atoms with E-state index in [9.17, 15) is 0 Å². The first kappa shape index (κ1) is 12.4. The van der Waals surface area contributed by atoms with Gasteiger partial charge in [-0.25, -0.2) is 0 Å². The molecule has 0 spiro atoms. The van der Waals surface area contributed by atoms with E-state index in [4.69, 9.17) is 4.74 Å². The molecule has 0 radical (unpaired) electrons. The molecule has 0 unspecified atom stereocenters. The third-order valence-corrected chi connectivity index (χ3v) is 3.47. The van der Waals surface area contributed by atoms with E-state index in [1.165, 1.54) is 36.9 Å². The Morgan fingerprint density at radius 3 is 2.88 bits per heavy atom. The molecule has 0 saturated carbocycles. The summed E-state index contributed by atoms with van der Waals surface area (Å²) in [6, 6.07) is 7.03. The van der Waals surface area contributed by atoms with Gasteiger partial charge in [0.1, 0.15) is 5.75 Å². The molecule has 0 amide bonds. The summed E-state index contributed by atoms with van der Waals surface area (Å²) < 4.78 is 5.85. The van der Waals surface area contributed by atoms with Gasteiger partial charge in [-0.2, -0.15) is 0 Å². The van der Waals surface area contributed by atoms with Crippen molar-refractivity contribution in [1.29, 1.82) is 0 Å². The molecule has 1 N–H and O–H groups in total. The van der Waals surface area contributed by atoms with Gasteiger partial charge in [0.05, 0.1) is 6.61 Å². The Morgan fingerprint density at radius 1 is 1.29 bits per heavy atom. The van der Waals surface area contributed by atoms with Crippen LogP contribution in [0.2, 0.25) is 0 Å². The fourth-order valence-corrected chi connectivity index (χ4v) is 2.44. The average Bonchev–Trinajstić information content (AvgIpc) is 2.33. The van der Waals surface area contributed by atoms with Gasteiger partial charge in [-0.15, -0.1) is 0 Å². The third-order valence-electron chi connectivity index (χ3n) is 3.47. The maximum Gasteiger partial charge on any atom is 0.122 e. The highest BCUT2D eigenvalue weighted by Gasteiger charge is 2.12. The number of aryl methyl sites for hydroxylation is 2. The van der Waals surface area contributed by atoms with Crippen molar-refractivity contribution < 1.29 is 4.74 Å². The molecule has 2 rings (SSSR count). The quantitative estimate of drug-likeness (QED) is 0.862. The molecule has 1 aromatic rings. The molecule has 2 nitrogen and oxygen atoms in total. The van der Waals surface area contributed by atoms with Crippen molar-refractivity contribution in [3.63, 3.8) is 0 Å². The van der Waals surface area contributed by atoms with Crippen molar-refractivity contribution in [2.75, 3.05) is 13.2 Å². The zero-order valence-corrected chi connectivity index (χ0v) is 11.0. The van der Waals surface area contributed by atoms with Crippen molar-refractivity contribution in [3.05, 3.63) is 29.3 Å². The van der Waals surface area contributed by atoms with Gasteiger partial charge in [0.2, 0.25) is 0 Å². The summed E-state index contributed by atoms with van der Waals surface area (Å²) in [4.78, 5) is 0. The minimum absolute atomic E-state index is 0.662. The number of hydrogen-bond donors (Lipinski definition) is 1. The number of nitrogens with one attached hydrogen (secondary N) is 1. The Morgan fingerprint density at radius 2 is 2.18 bits per heavy atom. The number of hydrogen-bond acceptors (Lipinski definition) is 2. The first-order valence-corrected chi connectivity index (χ1v) is 6.69. The number of ether oxygens (including phenoxy) is 1. The topological polar surface area (TPSA) is 21.3 Å². The molecule has 1 heterocycles. The molecule has 94 valence electrons. The van der Waals surface area contributed by atoms with Crippen LogP contribution >= 0.6 is 0 Å². The highest BCUT2D eigenvalue weighted by Crippen LogP contribution is 2.19. The Kier molecular flexibility index (Phi) is 4.43. The van der Waals surface area contributed by atoms with Gasteiger partial charge >= 0.3 is 0 Å². The van der Waals surface area contributed by atoms with Crippen molar-refractivity contribution in [1.82, 2.24) is 5.32 Å². The lowest BCUT2D eigenvalue weighted by molar-refractivity contribution is 0.267. The van der Waals surface area contributed by atoms with Crippen LogP contribution in [0, 0.1) is 13.8 Å². The maximum atomic E-state index is 5.85. The summed E-state index contributed by atoms with van der Waals surface area (Å²) in [5.74, 6) is 1.03. The minimum Gasteiger partial charge on any atom is -0.493 e. The fraction of sp³-hybridized carbons (Fsp3) is 0.600. The molecule has 0 aromatic heterocycles. The van der Waals surface area contributed by atoms with Crippen molar-refractivity contribution >= 4 is 0 Å². The van der Waals surface area contributed by atoms with E-state index in [-0.39, 0.29) is 0 Å². The number of benzene rings is 1. The standard InChI is InChI=1S/C15H23NO/c1-12-6-7-15(13(2)11-12)17-10-8-14-5-3-4-9-16-14/h6-7,11,14,16H,3-5,8-10H2,1-2H3/t14-/m1/s1. The van der Waals surface area contributed by atoms with Crippen molar-refractivity contribution in [2.24, 2.45) is 0 Å². The second-order valence-corrected chi connectivity index (χ2v) is 5.05. The summed E-state index contributed by atoms with van der Waals surface area (Å²) in [6.07, 6.45) is 5.11. The predicted molar refractivity (Wildman–Crippen MR) is 71.7 cm³/mol. The highest BCUT2D eigenvalue weighted by molar-refractivity contribution is 5.35. The zero-order valence-electron chi connectivity index (χ0n) is 11.0. The maximum absolute atomic E-state index is 5.85. The monoisotopic (exact) mass is 233 g/mol. The fourth-order valence-electron chi connectivity index (χ4n) is 2.44. The van der Waals surface area contributed by atoms with E-state index in [1.54, 1.807) is 0 Å². The first-order chi connectivity index (χ1) is 8.25. The Hall–Kier alpha value is -1.02. The Labute approximate surface area is 104 Å². The largest absolute Gasteiger partial charge is 0.493 e. The number of rotatable bonds is 4. The van der Waals surface area contributed by atoms with E-state index >= 15 is 0 Å². The van der Waals surface area contributed by atoms with Gasteiger partial charge in [-0.05, 0) is 51.3 Å². The second kappa shape index (κ2) is 6.06. The molecule has 1 aliphatic rings. The molecule has 0 aliphatic carbocycles. The van der Waals surface area contributed by atoms with E-state index in [2.05, 4.69) is 37.4 Å². The minimum atomic E-state index is 0.662. The molecule has 17 heavy (non-hydrogen) atoms. The van der Waals surface area contributed by atoms with Crippen LogP contribution in [-0.4, -0.2) is 19.2 Å². The molecule has 1 saturated heterocycles. The molecule has 1 aromatic carbocycles. The smallest absolute Gasteiger partial charge is 0.122 e. The third kappa shape index (κ3) is 3.74. The molecule has 2 heteroatoms. The van der Waals surface area contributed by atoms with Crippen LogP contribution in [-0.2, 0) is 0 Å². The van der Waals surface area contributed by atoms with Crippen LogP contribution in [0.15, 0.2) is 18.2 Å². The van der Waals surface area contributed by atoms with E-state index in [0.29, 0.717) is 6.04 Å². The summed E-state index contributed by atoms with van der Waals surface area (Å²) in [7, 11) is 0. The Bertz CT molecular complexity index is 356. The highest BCUT2D eigenvalue weighted by atomic mass is 16.5. The summed E-state index contributed by atoms with van der Waals surface area (Å²) in [6.45, 7) is 6.22. The van der Waals surface area contributed by atoms with Crippen molar-refractivity contribution in [3.8, 4) is 5.75 Å². The lowest BCUT2D eigenvalue weighted by Gasteiger charge is -2.23. The van der Waals surface area contributed by atoms with Gasteiger partial charge in [-0.3, -0.25) is 0 Å². The SMILES string of the molecule is Cc1ccc(OCC[C@H]2CCCCN2)c(C)c1. The molecular formula is C15H23NO. The predicted octanol–water partition coefficient (Wildman–Crippen LogP) is 3.21. The van der Waals surface area contributed by atoms with E-state index < -0.39 is 0 Å². The normalized spacial score (nSPS) is 20.2. The molecule has 1 atom stereocenters. The number of piperidine rings is 1. The average molecular weight is 233 g/mol. The van der Waals surface area contributed by atoms with Gasteiger partial charge in [0, 0.05) is 6.04 Å². The summed E-state index contributed by atoms with van der Waals surface area (Å²) in [5.41, 5.74) is 2.53. The van der Waals surface area contributed by atoms with Crippen LogP contribution in [0.3, 0.4) is 0 Å². The van der Waals surface area contributed by atoms with Crippen LogP contribution in [0.25, 0.3) is 0 Å².